The van der Waals surface area contributed by atoms with Crippen LogP contribution in [-0.4, -0.2) is 31.4 Å². The van der Waals surface area contributed by atoms with Crippen molar-refractivity contribution in [2.75, 3.05) is 19.8 Å². The van der Waals surface area contributed by atoms with Crippen molar-refractivity contribution in [2.45, 2.75) is 27.2 Å². The highest BCUT2D eigenvalue weighted by atomic mass is 16.5. The molecule has 1 N–H and O–H groups in total. The second kappa shape index (κ2) is 10.9. The van der Waals surface area contributed by atoms with Gasteiger partial charge in [0.05, 0.1) is 18.9 Å². The maximum atomic E-state index is 12.0. The maximum Gasteiger partial charge on any atom is 0.277 e. The van der Waals surface area contributed by atoms with Gasteiger partial charge in [0.2, 0.25) is 0 Å². The van der Waals surface area contributed by atoms with Crippen molar-refractivity contribution in [3.05, 3.63) is 54.1 Å². The van der Waals surface area contributed by atoms with E-state index >= 15 is 0 Å². The van der Waals surface area contributed by atoms with Gasteiger partial charge in [-0.05, 0) is 62.2 Å². The summed E-state index contributed by atoms with van der Waals surface area (Å²) < 4.78 is 16.5. The van der Waals surface area contributed by atoms with Crippen LogP contribution in [0.2, 0.25) is 0 Å². The average molecular weight is 370 g/mol. The van der Waals surface area contributed by atoms with Crippen LogP contribution in [0.25, 0.3) is 0 Å². The molecule has 0 saturated heterocycles. The zero-order valence-corrected chi connectivity index (χ0v) is 16.0. The summed E-state index contributed by atoms with van der Waals surface area (Å²) in [6, 6.07) is 14.8. The minimum atomic E-state index is -0.344. The van der Waals surface area contributed by atoms with Gasteiger partial charge in [-0.2, -0.15) is 5.10 Å². The number of carbonyl (C=O) groups is 1. The molecule has 1 amide bonds. The van der Waals surface area contributed by atoms with Crippen molar-refractivity contribution < 1.29 is 19.0 Å². The number of hydrogen-bond acceptors (Lipinski definition) is 5. The molecule has 0 spiro atoms. The summed E-state index contributed by atoms with van der Waals surface area (Å²) in [4.78, 5) is 12.0. The molecule has 0 aliphatic carbocycles. The Morgan fingerprint density at radius 2 is 1.63 bits per heavy atom. The highest BCUT2D eigenvalue weighted by Gasteiger charge is 2.07. The summed E-state index contributed by atoms with van der Waals surface area (Å²) in [7, 11) is 0. The molecule has 0 bridgehead atoms. The topological polar surface area (TPSA) is 69.2 Å². The van der Waals surface area contributed by atoms with E-state index in [1.807, 2.05) is 50.2 Å². The molecule has 0 atom stereocenters. The fourth-order valence-electron chi connectivity index (χ4n) is 2.24. The van der Waals surface area contributed by atoms with Gasteiger partial charge >= 0.3 is 0 Å². The number of nitrogens with one attached hydrogen (secondary N) is 1. The van der Waals surface area contributed by atoms with Crippen molar-refractivity contribution in [3.63, 3.8) is 0 Å². The van der Waals surface area contributed by atoms with Crippen LogP contribution < -0.4 is 19.6 Å². The van der Waals surface area contributed by atoms with Gasteiger partial charge in [0.15, 0.2) is 18.1 Å². The van der Waals surface area contributed by atoms with Gasteiger partial charge in [0.1, 0.15) is 5.75 Å². The highest BCUT2D eigenvalue weighted by Crippen LogP contribution is 2.26. The smallest absolute Gasteiger partial charge is 0.277 e. The van der Waals surface area contributed by atoms with Gasteiger partial charge in [0.25, 0.3) is 5.91 Å². The van der Waals surface area contributed by atoms with E-state index in [1.54, 1.807) is 12.1 Å². The number of nitrogens with zero attached hydrogens (tertiary/aromatic N) is 1. The van der Waals surface area contributed by atoms with E-state index in [4.69, 9.17) is 14.2 Å². The molecule has 2 aromatic rings. The Balaban J connectivity index is 1.86. The first-order valence-corrected chi connectivity index (χ1v) is 9.05. The number of hydrogen-bond donors (Lipinski definition) is 1. The number of amides is 1. The van der Waals surface area contributed by atoms with E-state index in [9.17, 15) is 4.79 Å². The predicted molar refractivity (Wildman–Crippen MR) is 106 cm³/mol. The van der Waals surface area contributed by atoms with E-state index in [0.717, 1.165) is 17.7 Å². The first-order valence-electron chi connectivity index (χ1n) is 9.05. The lowest BCUT2D eigenvalue weighted by molar-refractivity contribution is -0.123. The van der Waals surface area contributed by atoms with Gasteiger partial charge in [-0.1, -0.05) is 19.1 Å². The molecule has 2 rings (SSSR count). The van der Waals surface area contributed by atoms with E-state index in [1.165, 1.54) is 0 Å². The number of benzene rings is 2. The van der Waals surface area contributed by atoms with Crippen molar-refractivity contribution in [2.24, 2.45) is 5.10 Å². The Hall–Kier alpha value is -3.02. The quantitative estimate of drug-likeness (QED) is 0.510. The summed E-state index contributed by atoms with van der Waals surface area (Å²) in [5, 5.41) is 4.12. The lowest BCUT2D eigenvalue weighted by atomic mass is 10.1. The van der Waals surface area contributed by atoms with E-state index in [2.05, 4.69) is 17.5 Å². The first-order chi connectivity index (χ1) is 13.1. The van der Waals surface area contributed by atoms with Crippen LogP contribution in [0.4, 0.5) is 0 Å². The molecule has 0 radical (unpaired) electrons. The number of carbonyl (C=O) groups excluding carboxylic acids is 1. The Kier molecular flexibility index (Phi) is 8.16. The summed E-state index contributed by atoms with van der Waals surface area (Å²) in [5.41, 5.74) is 4.10. The normalized spacial score (nSPS) is 11.0. The fourth-order valence-corrected chi connectivity index (χ4v) is 2.24. The molecule has 6 heteroatoms. The second-order valence-corrected chi connectivity index (χ2v) is 5.77. The van der Waals surface area contributed by atoms with Crippen molar-refractivity contribution in [3.8, 4) is 17.2 Å². The number of hydrazone groups is 1. The van der Waals surface area contributed by atoms with Crippen molar-refractivity contribution in [1.29, 1.82) is 0 Å². The summed E-state index contributed by atoms with van der Waals surface area (Å²) in [6.45, 7) is 6.85. The molecule has 144 valence electrons. The second-order valence-electron chi connectivity index (χ2n) is 5.77. The van der Waals surface area contributed by atoms with E-state index < -0.39 is 0 Å². The van der Waals surface area contributed by atoms with Crippen molar-refractivity contribution >= 4 is 11.6 Å². The average Bonchev–Trinajstić information content (AvgIpc) is 2.70. The molecule has 27 heavy (non-hydrogen) atoms. The zero-order valence-electron chi connectivity index (χ0n) is 16.0. The van der Waals surface area contributed by atoms with Gasteiger partial charge in [-0.3, -0.25) is 4.79 Å². The summed E-state index contributed by atoms with van der Waals surface area (Å²) >= 11 is 0. The highest BCUT2D eigenvalue weighted by molar-refractivity contribution is 5.99. The van der Waals surface area contributed by atoms with Crippen LogP contribution in [0.1, 0.15) is 32.8 Å². The molecule has 0 saturated carbocycles. The van der Waals surface area contributed by atoms with E-state index in [0.29, 0.717) is 30.4 Å². The van der Waals surface area contributed by atoms with E-state index in [-0.39, 0.29) is 12.5 Å². The molecule has 0 fully saturated rings. The third-order valence-electron chi connectivity index (χ3n) is 3.60. The predicted octanol–water partition coefficient (Wildman–Crippen LogP) is 3.79. The molecule has 0 aromatic heterocycles. The van der Waals surface area contributed by atoms with Crippen LogP contribution in [0.3, 0.4) is 0 Å². The largest absolute Gasteiger partial charge is 0.494 e. The molecular formula is C21H26N2O4. The third kappa shape index (κ3) is 6.66. The molecule has 6 nitrogen and oxygen atoms in total. The third-order valence-corrected chi connectivity index (χ3v) is 3.60. The Labute approximate surface area is 160 Å². The van der Waals surface area contributed by atoms with Gasteiger partial charge in [0, 0.05) is 0 Å². The SMILES string of the molecule is CCCOc1ccc(/C(C)=N/NC(=O)COc2ccccc2OCC)cc1. The zero-order chi connectivity index (χ0) is 19.5. The van der Waals surface area contributed by atoms with Crippen LogP contribution in [0, 0.1) is 0 Å². The summed E-state index contributed by atoms with van der Waals surface area (Å²) in [5.74, 6) is 1.61. The van der Waals surface area contributed by atoms with Crippen LogP contribution >= 0.6 is 0 Å². The Morgan fingerprint density at radius 1 is 0.963 bits per heavy atom. The van der Waals surface area contributed by atoms with Gasteiger partial charge in [-0.25, -0.2) is 5.43 Å². The lowest BCUT2D eigenvalue weighted by Crippen LogP contribution is -2.25. The monoisotopic (exact) mass is 370 g/mol. The maximum absolute atomic E-state index is 12.0. The minimum absolute atomic E-state index is 0.148. The fraction of sp³-hybridized carbons (Fsp3) is 0.333. The minimum Gasteiger partial charge on any atom is -0.494 e. The lowest BCUT2D eigenvalue weighted by Gasteiger charge is -2.11. The molecule has 0 unspecified atom stereocenters. The molecule has 0 aliphatic rings. The number of rotatable bonds is 10. The van der Waals surface area contributed by atoms with Crippen LogP contribution in [0.15, 0.2) is 53.6 Å². The van der Waals surface area contributed by atoms with Crippen LogP contribution in [-0.2, 0) is 4.79 Å². The Morgan fingerprint density at radius 3 is 2.26 bits per heavy atom. The summed E-state index contributed by atoms with van der Waals surface area (Å²) in [6.07, 6.45) is 0.964. The number of para-hydroxylation sites is 2. The standard InChI is InChI=1S/C21H26N2O4/c1-4-14-26-18-12-10-17(11-13-18)16(3)22-23-21(24)15-27-20-9-7-6-8-19(20)25-5-2/h6-13H,4-5,14-15H2,1-3H3,(H,23,24)/b22-16+. The van der Waals surface area contributed by atoms with Gasteiger partial charge in [-0.15, -0.1) is 0 Å². The first kappa shape index (κ1) is 20.3. The molecule has 0 heterocycles. The molecule has 0 aliphatic heterocycles. The van der Waals surface area contributed by atoms with Crippen molar-refractivity contribution in [1.82, 2.24) is 5.43 Å². The van der Waals surface area contributed by atoms with Gasteiger partial charge < -0.3 is 14.2 Å². The molecule has 2 aromatic carbocycles. The number of ether oxygens (including phenoxy) is 3. The Bertz CT molecular complexity index is 757. The van der Waals surface area contributed by atoms with Crippen LogP contribution in [0.5, 0.6) is 17.2 Å². The molecular weight excluding hydrogens is 344 g/mol.